The minimum absolute atomic E-state index is 0.192. The predicted octanol–water partition coefficient (Wildman–Crippen LogP) is 1.14. The molecule has 0 aromatic rings. The van der Waals surface area contributed by atoms with Gasteiger partial charge in [-0.3, -0.25) is 18.9 Å². The second-order valence-electron chi connectivity index (χ2n) is 7.81. The van der Waals surface area contributed by atoms with Crippen molar-refractivity contribution >= 4 is 19.3 Å². The van der Waals surface area contributed by atoms with Crippen LogP contribution in [-0.4, -0.2) is 117 Å². The fourth-order valence-electron chi connectivity index (χ4n) is 3.78. The molecule has 2 aliphatic rings. The van der Waals surface area contributed by atoms with Gasteiger partial charge in [-0.1, -0.05) is 0 Å². The molecular formula is C18H37N6O4P. The maximum atomic E-state index is 11.7. The molecule has 2 saturated heterocycles. The summed E-state index contributed by atoms with van der Waals surface area (Å²) in [6.45, 7) is 4.07. The van der Waals surface area contributed by atoms with Gasteiger partial charge in [-0.25, -0.2) is 9.51 Å². The Morgan fingerprint density at radius 1 is 0.897 bits per heavy atom. The topological polar surface area (TPSA) is 81.2 Å². The fraction of sp³-hybridized carbons (Fsp3) is 0.889. The highest BCUT2D eigenvalue weighted by molar-refractivity contribution is 7.58. The standard InChI is InChI=1S/C18H37N6O4P/c1-20(2)29(21(3)4,19-28-15-13-24-11-7-9-18(24)26)22(5)16-27-14-12-23-10-6-8-17(23)25/h6-16H2,1-5H3. The summed E-state index contributed by atoms with van der Waals surface area (Å²) in [7, 11) is 7.58. The average Bonchev–Trinajstić information content (AvgIpc) is 3.26. The van der Waals surface area contributed by atoms with Gasteiger partial charge in [0.1, 0.15) is 6.73 Å². The van der Waals surface area contributed by atoms with Gasteiger partial charge >= 0.3 is 0 Å². The molecule has 2 fully saturated rings. The van der Waals surface area contributed by atoms with Gasteiger partial charge in [-0.05, 0) is 48.1 Å². The predicted molar refractivity (Wildman–Crippen MR) is 113 cm³/mol. The smallest absolute Gasteiger partial charge is 0.222 e. The SMILES string of the molecule is CN(C)P(=NOCCN1CCCC1=O)(N(C)C)N(C)COCCN1CCCC1=O. The minimum atomic E-state index is -2.29. The van der Waals surface area contributed by atoms with E-state index >= 15 is 0 Å². The Morgan fingerprint density at radius 3 is 1.86 bits per heavy atom. The van der Waals surface area contributed by atoms with Crippen molar-refractivity contribution in [3.05, 3.63) is 0 Å². The van der Waals surface area contributed by atoms with Gasteiger partial charge in [0, 0.05) is 39.0 Å². The lowest BCUT2D eigenvalue weighted by molar-refractivity contribution is -0.129. The Kier molecular flexibility index (Phi) is 9.52. The number of carbonyl (C=O) groups excluding carboxylic acids is 2. The first-order chi connectivity index (χ1) is 13.8. The van der Waals surface area contributed by atoms with Crippen LogP contribution in [0.2, 0.25) is 0 Å². The van der Waals surface area contributed by atoms with Crippen LogP contribution in [0.1, 0.15) is 25.7 Å². The molecule has 168 valence electrons. The molecule has 0 aromatic heterocycles. The summed E-state index contributed by atoms with van der Waals surface area (Å²) < 4.78 is 12.0. The van der Waals surface area contributed by atoms with Crippen LogP contribution in [0.25, 0.3) is 0 Å². The Morgan fingerprint density at radius 2 is 1.41 bits per heavy atom. The maximum Gasteiger partial charge on any atom is 0.222 e. The molecule has 0 aromatic carbocycles. The molecule has 2 heterocycles. The molecule has 11 heteroatoms. The van der Waals surface area contributed by atoms with E-state index in [-0.39, 0.29) is 11.8 Å². The Balaban J connectivity index is 1.90. The number of likely N-dealkylation sites (tertiary alicyclic amines) is 2. The molecule has 0 radical (unpaired) electrons. The van der Waals surface area contributed by atoms with Gasteiger partial charge in [0.15, 0.2) is 7.51 Å². The molecule has 0 aliphatic carbocycles. The van der Waals surface area contributed by atoms with Crippen molar-refractivity contribution in [2.75, 3.05) is 81.4 Å². The highest BCUT2D eigenvalue weighted by atomic mass is 31.2. The first kappa shape index (κ1) is 24.2. The van der Waals surface area contributed by atoms with Crippen molar-refractivity contribution < 1.29 is 19.2 Å². The van der Waals surface area contributed by atoms with Crippen molar-refractivity contribution in [1.82, 2.24) is 23.8 Å². The Labute approximate surface area is 174 Å². The zero-order valence-corrected chi connectivity index (χ0v) is 19.4. The van der Waals surface area contributed by atoms with Gasteiger partial charge in [-0.2, -0.15) is 0 Å². The summed E-state index contributed by atoms with van der Waals surface area (Å²) in [5, 5.41) is 0. The van der Waals surface area contributed by atoms with Crippen LogP contribution >= 0.6 is 7.51 Å². The lowest BCUT2D eigenvalue weighted by Gasteiger charge is -2.41. The van der Waals surface area contributed by atoms with Gasteiger partial charge in [0.25, 0.3) is 0 Å². The van der Waals surface area contributed by atoms with Crippen molar-refractivity contribution in [3.8, 4) is 0 Å². The van der Waals surface area contributed by atoms with E-state index < -0.39 is 7.51 Å². The molecule has 2 rings (SSSR count). The highest BCUT2D eigenvalue weighted by Gasteiger charge is 2.32. The summed E-state index contributed by atoms with van der Waals surface area (Å²) in [6.07, 6.45) is 3.14. The van der Waals surface area contributed by atoms with Gasteiger partial charge in [0.2, 0.25) is 11.8 Å². The van der Waals surface area contributed by atoms with E-state index in [9.17, 15) is 9.59 Å². The summed E-state index contributed by atoms with van der Waals surface area (Å²) >= 11 is 0. The van der Waals surface area contributed by atoms with Crippen LogP contribution in [0.5, 0.6) is 0 Å². The van der Waals surface area contributed by atoms with Gasteiger partial charge < -0.3 is 14.5 Å². The molecule has 0 bridgehead atoms. The van der Waals surface area contributed by atoms with Crippen molar-refractivity contribution in [1.29, 1.82) is 0 Å². The van der Waals surface area contributed by atoms with E-state index in [2.05, 4.69) is 18.9 Å². The number of nitrogens with zero attached hydrogens (tertiary/aromatic N) is 6. The van der Waals surface area contributed by atoms with E-state index in [1.807, 2.05) is 45.0 Å². The molecule has 2 amide bonds. The quantitative estimate of drug-likeness (QED) is 0.198. The molecule has 0 N–H and O–H groups in total. The average molecular weight is 433 g/mol. The molecule has 10 nitrogen and oxygen atoms in total. The summed E-state index contributed by atoms with van der Waals surface area (Å²) in [4.78, 5) is 37.4. The number of amides is 2. The van der Waals surface area contributed by atoms with E-state index in [1.54, 1.807) is 0 Å². The monoisotopic (exact) mass is 432 g/mol. The number of rotatable bonds is 12. The third-order valence-corrected chi connectivity index (χ3v) is 8.79. The molecule has 0 atom stereocenters. The number of hydrogen-bond acceptors (Lipinski definition) is 5. The van der Waals surface area contributed by atoms with Crippen LogP contribution in [-0.2, 0) is 19.2 Å². The van der Waals surface area contributed by atoms with E-state index in [0.29, 0.717) is 45.9 Å². The van der Waals surface area contributed by atoms with Crippen LogP contribution in [0.3, 0.4) is 0 Å². The Hall–Kier alpha value is -1.03. The van der Waals surface area contributed by atoms with Crippen LogP contribution < -0.4 is 0 Å². The first-order valence-corrected chi connectivity index (χ1v) is 11.8. The normalized spacial score (nSPS) is 18.2. The Bertz CT molecular complexity index is 603. The van der Waals surface area contributed by atoms with Crippen LogP contribution in [0.4, 0.5) is 0 Å². The molecular weight excluding hydrogens is 395 g/mol. The largest absolute Gasteiger partial charge is 0.364 e. The molecule has 0 unspecified atom stereocenters. The third kappa shape index (κ3) is 6.23. The van der Waals surface area contributed by atoms with E-state index in [1.165, 1.54) is 0 Å². The second kappa shape index (κ2) is 11.4. The van der Waals surface area contributed by atoms with E-state index in [0.717, 1.165) is 25.9 Å². The molecule has 2 aliphatic heterocycles. The first-order valence-electron chi connectivity index (χ1n) is 10.2. The third-order valence-electron chi connectivity index (χ3n) is 5.28. The molecule has 0 spiro atoms. The number of ether oxygens (including phenoxy) is 1. The lowest BCUT2D eigenvalue weighted by atomic mass is 10.4. The van der Waals surface area contributed by atoms with Crippen molar-refractivity contribution in [2.24, 2.45) is 4.91 Å². The van der Waals surface area contributed by atoms with E-state index in [4.69, 9.17) is 9.57 Å². The zero-order valence-electron chi connectivity index (χ0n) is 18.5. The number of hydrogen-bond donors (Lipinski definition) is 0. The minimum Gasteiger partial charge on any atom is -0.364 e. The van der Waals surface area contributed by atoms with Crippen LogP contribution in [0.15, 0.2) is 4.91 Å². The molecule has 29 heavy (non-hydrogen) atoms. The summed E-state index contributed by atoms with van der Waals surface area (Å²) in [5.41, 5.74) is 0. The second-order valence-corrected chi connectivity index (χ2v) is 11.3. The molecule has 0 saturated carbocycles. The highest BCUT2D eigenvalue weighted by Crippen LogP contribution is 2.55. The summed E-state index contributed by atoms with van der Waals surface area (Å²) in [5.74, 6) is 0.405. The maximum absolute atomic E-state index is 11.7. The van der Waals surface area contributed by atoms with Crippen molar-refractivity contribution in [3.63, 3.8) is 0 Å². The number of carbonyl (C=O) groups is 2. The van der Waals surface area contributed by atoms with Gasteiger partial charge in [-0.15, -0.1) is 4.91 Å². The summed E-state index contributed by atoms with van der Waals surface area (Å²) in [6, 6.07) is 0. The lowest BCUT2D eigenvalue weighted by Crippen LogP contribution is -2.35. The van der Waals surface area contributed by atoms with Gasteiger partial charge in [0.05, 0.1) is 13.2 Å². The zero-order chi connectivity index (χ0) is 21.4. The van der Waals surface area contributed by atoms with Crippen LogP contribution in [0, 0.1) is 0 Å². The van der Waals surface area contributed by atoms with Crippen molar-refractivity contribution in [2.45, 2.75) is 25.7 Å². The fourth-order valence-corrected chi connectivity index (χ4v) is 6.60.